The van der Waals surface area contributed by atoms with Crippen molar-refractivity contribution in [3.63, 3.8) is 0 Å². The van der Waals surface area contributed by atoms with E-state index in [9.17, 15) is 5.11 Å². The van der Waals surface area contributed by atoms with Crippen molar-refractivity contribution in [2.75, 3.05) is 33.8 Å². The van der Waals surface area contributed by atoms with Crippen molar-refractivity contribution in [3.8, 4) is 11.5 Å². The van der Waals surface area contributed by atoms with Crippen molar-refractivity contribution >= 4 is 0 Å². The Kier molecular flexibility index (Phi) is 5.26. The Balaban J connectivity index is 2.03. The number of hydrogen-bond donors (Lipinski definition) is 2. The molecule has 112 valence electrons. The first kappa shape index (κ1) is 15.1. The van der Waals surface area contributed by atoms with Crippen LogP contribution in [0.4, 0.5) is 0 Å². The number of phenolic OH excluding ortho intramolecular Hbond substituents is 1. The van der Waals surface area contributed by atoms with Crippen LogP contribution in [0.5, 0.6) is 11.5 Å². The summed E-state index contributed by atoms with van der Waals surface area (Å²) in [6.07, 6.45) is 2.47. The van der Waals surface area contributed by atoms with Gasteiger partial charge in [-0.2, -0.15) is 0 Å². The monoisotopic (exact) mass is 278 g/mol. The molecule has 1 saturated heterocycles. The van der Waals surface area contributed by atoms with Crippen LogP contribution in [0.25, 0.3) is 0 Å². The van der Waals surface area contributed by atoms with Crippen molar-refractivity contribution in [2.45, 2.75) is 25.8 Å². The summed E-state index contributed by atoms with van der Waals surface area (Å²) in [5.41, 5.74) is 0.931. The van der Waals surface area contributed by atoms with Crippen molar-refractivity contribution in [2.24, 2.45) is 5.92 Å². The maximum absolute atomic E-state index is 10.1. The van der Waals surface area contributed by atoms with Crippen LogP contribution in [0.1, 0.15) is 31.4 Å². The summed E-state index contributed by atoms with van der Waals surface area (Å²) >= 11 is 0. The van der Waals surface area contributed by atoms with Gasteiger partial charge in [-0.1, -0.05) is 0 Å². The Morgan fingerprint density at radius 1 is 1.40 bits per heavy atom. The van der Waals surface area contributed by atoms with Crippen LogP contribution in [-0.4, -0.2) is 43.8 Å². The number of methoxy groups -OCH3 is 1. The molecule has 0 spiro atoms. The molecule has 0 saturated carbocycles. The number of ether oxygens (including phenoxy) is 1. The zero-order chi connectivity index (χ0) is 14.5. The fourth-order valence-electron chi connectivity index (χ4n) is 2.86. The zero-order valence-electron chi connectivity index (χ0n) is 12.7. The molecule has 0 bridgehead atoms. The molecule has 20 heavy (non-hydrogen) atoms. The normalized spacial score (nSPS) is 18.2. The molecule has 1 aliphatic heterocycles. The highest BCUT2D eigenvalue weighted by molar-refractivity contribution is 5.41. The van der Waals surface area contributed by atoms with Gasteiger partial charge in [0.2, 0.25) is 0 Å². The van der Waals surface area contributed by atoms with E-state index in [1.54, 1.807) is 19.2 Å². The Morgan fingerprint density at radius 2 is 2.10 bits per heavy atom. The summed E-state index contributed by atoms with van der Waals surface area (Å²) in [5.74, 6) is 1.88. The van der Waals surface area contributed by atoms with Gasteiger partial charge < -0.3 is 15.2 Å². The predicted molar refractivity (Wildman–Crippen MR) is 81.3 cm³/mol. The number of nitrogens with zero attached hydrogens (tertiary/aromatic N) is 1. The van der Waals surface area contributed by atoms with Crippen molar-refractivity contribution in [3.05, 3.63) is 23.8 Å². The molecule has 1 atom stereocenters. The number of nitrogens with one attached hydrogen (secondary N) is 1. The molecule has 0 aromatic heterocycles. The lowest BCUT2D eigenvalue weighted by Gasteiger charge is -2.31. The summed E-state index contributed by atoms with van der Waals surface area (Å²) in [7, 11) is 3.78. The fourth-order valence-corrected chi connectivity index (χ4v) is 2.86. The maximum Gasteiger partial charge on any atom is 0.120 e. The lowest BCUT2D eigenvalue weighted by Crippen LogP contribution is -2.35. The van der Waals surface area contributed by atoms with Gasteiger partial charge in [-0.05, 0) is 64.0 Å². The third-order valence-corrected chi connectivity index (χ3v) is 4.35. The number of aromatic hydroxyl groups is 1. The first-order valence-electron chi connectivity index (χ1n) is 7.39. The topological polar surface area (TPSA) is 44.7 Å². The van der Waals surface area contributed by atoms with E-state index in [0.717, 1.165) is 36.9 Å². The molecule has 1 aromatic carbocycles. The van der Waals surface area contributed by atoms with Gasteiger partial charge in [0.25, 0.3) is 0 Å². The summed E-state index contributed by atoms with van der Waals surface area (Å²) < 4.78 is 5.25. The molecule has 0 aliphatic carbocycles. The second-order valence-electron chi connectivity index (χ2n) is 5.73. The molecular formula is C16H26N2O2. The fraction of sp³-hybridized carbons (Fsp3) is 0.625. The summed E-state index contributed by atoms with van der Waals surface area (Å²) in [6.45, 7) is 5.45. The lowest BCUT2D eigenvalue weighted by atomic mass is 9.96. The Labute approximate surface area is 121 Å². The largest absolute Gasteiger partial charge is 0.508 e. The Hall–Kier alpha value is -1.26. The molecule has 0 amide bonds. The molecule has 1 aromatic rings. The van der Waals surface area contributed by atoms with Crippen LogP contribution in [0.15, 0.2) is 18.2 Å². The first-order chi connectivity index (χ1) is 9.61. The third kappa shape index (κ3) is 3.64. The van der Waals surface area contributed by atoms with Gasteiger partial charge in [0.1, 0.15) is 11.5 Å². The van der Waals surface area contributed by atoms with Gasteiger partial charge in [-0.15, -0.1) is 0 Å². The number of hydrogen-bond acceptors (Lipinski definition) is 4. The van der Waals surface area contributed by atoms with Gasteiger partial charge in [0.05, 0.1) is 7.11 Å². The molecule has 1 aliphatic rings. The minimum Gasteiger partial charge on any atom is -0.508 e. The molecular weight excluding hydrogens is 252 g/mol. The van der Waals surface area contributed by atoms with Crippen molar-refractivity contribution in [1.29, 1.82) is 0 Å². The molecule has 2 N–H and O–H groups in total. The number of rotatable bonds is 5. The van der Waals surface area contributed by atoms with Gasteiger partial charge in [0.15, 0.2) is 0 Å². The number of phenols is 1. The van der Waals surface area contributed by atoms with Crippen LogP contribution in [0.3, 0.4) is 0 Å². The molecule has 0 radical (unpaired) electrons. The van der Waals surface area contributed by atoms with Crippen LogP contribution < -0.4 is 10.1 Å². The van der Waals surface area contributed by atoms with Crippen LogP contribution in [0.2, 0.25) is 0 Å². The minimum atomic E-state index is 0.181. The highest BCUT2D eigenvalue weighted by Gasteiger charge is 2.21. The van der Waals surface area contributed by atoms with Crippen molar-refractivity contribution in [1.82, 2.24) is 10.2 Å². The van der Waals surface area contributed by atoms with E-state index in [2.05, 4.69) is 24.2 Å². The number of benzene rings is 1. The minimum absolute atomic E-state index is 0.181. The standard InChI is InChI=1S/C16H26N2O2/c1-12(15-10-14(20-3)4-5-16(15)19)18(2)11-13-6-8-17-9-7-13/h4-5,10,12-13,17,19H,6-9,11H2,1-3H3. The van der Waals surface area contributed by atoms with E-state index in [-0.39, 0.29) is 6.04 Å². The smallest absolute Gasteiger partial charge is 0.120 e. The van der Waals surface area contributed by atoms with Gasteiger partial charge >= 0.3 is 0 Å². The summed E-state index contributed by atoms with van der Waals surface area (Å²) in [5, 5.41) is 13.5. The summed E-state index contributed by atoms with van der Waals surface area (Å²) in [4.78, 5) is 2.32. The average Bonchev–Trinajstić information content (AvgIpc) is 2.48. The van der Waals surface area contributed by atoms with Gasteiger partial charge in [-0.3, -0.25) is 4.90 Å². The van der Waals surface area contributed by atoms with Crippen molar-refractivity contribution < 1.29 is 9.84 Å². The third-order valence-electron chi connectivity index (χ3n) is 4.35. The molecule has 4 heteroatoms. The SMILES string of the molecule is COc1ccc(O)c(C(C)N(C)CC2CCNCC2)c1. The van der Waals surface area contributed by atoms with Gasteiger partial charge in [-0.25, -0.2) is 0 Å². The average molecular weight is 278 g/mol. The molecule has 4 nitrogen and oxygen atoms in total. The Bertz CT molecular complexity index is 430. The summed E-state index contributed by atoms with van der Waals surface area (Å²) in [6, 6.07) is 5.61. The van der Waals surface area contributed by atoms with Gasteiger partial charge in [0, 0.05) is 18.2 Å². The molecule has 2 rings (SSSR count). The molecule has 1 heterocycles. The molecule has 1 unspecified atom stereocenters. The van der Waals surface area contributed by atoms with E-state index < -0.39 is 0 Å². The van der Waals surface area contributed by atoms with E-state index in [4.69, 9.17) is 4.74 Å². The second kappa shape index (κ2) is 6.95. The number of piperidine rings is 1. The van der Waals surface area contributed by atoms with E-state index in [0.29, 0.717) is 5.75 Å². The zero-order valence-corrected chi connectivity index (χ0v) is 12.7. The highest BCUT2D eigenvalue weighted by atomic mass is 16.5. The second-order valence-corrected chi connectivity index (χ2v) is 5.73. The maximum atomic E-state index is 10.1. The van der Waals surface area contributed by atoms with Crippen LogP contribution in [0, 0.1) is 5.92 Å². The predicted octanol–water partition coefficient (Wildman–Crippen LogP) is 2.39. The van der Waals surface area contributed by atoms with E-state index in [1.807, 2.05) is 6.07 Å². The van der Waals surface area contributed by atoms with Crippen LogP contribution >= 0.6 is 0 Å². The Morgan fingerprint density at radius 3 is 2.75 bits per heavy atom. The van der Waals surface area contributed by atoms with E-state index >= 15 is 0 Å². The molecule has 1 fully saturated rings. The van der Waals surface area contributed by atoms with Crippen LogP contribution in [-0.2, 0) is 0 Å². The quantitative estimate of drug-likeness (QED) is 0.868. The first-order valence-corrected chi connectivity index (χ1v) is 7.39. The highest BCUT2D eigenvalue weighted by Crippen LogP contribution is 2.31. The van der Waals surface area contributed by atoms with E-state index in [1.165, 1.54) is 12.8 Å². The lowest BCUT2D eigenvalue weighted by molar-refractivity contribution is 0.194.